The molecule has 2 fully saturated rings. The molecule has 0 aliphatic heterocycles. The summed E-state index contributed by atoms with van der Waals surface area (Å²) in [4.78, 5) is 51.4. The smallest absolute Gasteiger partial charge is 0.308 e. The van der Waals surface area contributed by atoms with Crippen molar-refractivity contribution in [1.82, 2.24) is 9.97 Å². The quantitative estimate of drug-likeness (QED) is 0.0369. The predicted molar refractivity (Wildman–Crippen MR) is 264 cm³/mol. The van der Waals surface area contributed by atoms with Crippen molar-refractivity contribution in [3.63, 3.8) is 0 Å². The van der Waals surface area contributed by atoms with Gasteiger partial charge >= 0.3 is 11.9 Å². The highest BCUT2D eigenvalue weighted by molar-refractivity contribution is 6.67. The van der Waals surface area contributed by atoms with Gasteiger partial charge in [-0.25, -0.2) is 0 Å². The molecule has 4 aromatic carbocycles. The summed E-state index contributed by atoms with van der Waals surface area (Å²) in [5.41, 5.74) is 18.8. The minimum atomic E-state index is -0.508. The number of benzene rings is 4. The molecule has 340 valence electrons. The van der Waals surface area contributed by atoms with E-state index in [4.69, 9.17) is 50.0 Å². The lowest BCUT2D eigenvalue weighted by atomic mass is 9.81. The number of esters is 2. The van der Waals surface area contributed by atoms with Crippen LogP contribution in [0.5, 0.6) is 11.5 Å². The molecular weight excluding hydrogens is 894 g/mol. The van der Waals surface area contributed by atoms with E-state index in [1.54, 1.807) is 0 Å². The van der Waals surface area contributed by atoms with E-state index in [1.165, 1.54) is 81.7 Å². The zero-order chi connectivity index (χ0) is 45.2. The van der Waals surface area contributed by atoms with Crippen LogP contribution in [0.3, 0.4) is 0 Å². The summed E-state index contributed by atoms with van der Waals surface area (Å²) >= 11 is 15.3. The second-order valence-corrected chi connectivity index (χ2v) is 17.4. The van der Waals surface area contributed by atoms with Crippen LogP contribution in [0.15, 0.2) is 72.8 Å². The number of rotatable bonds is 9. The molecule has 0 atom stereocenters. The van der Waals surface area contributed by atoms with Gasteiger partial charge in [0.15, 0.2) is 0 Å². The number of hydrogen-bond acceptors (Lipinski definition) is 7. The molecule has 2 aromatic heterocycles. The summed E-state index contributed by atoms with van der Waals surface area (Å²) in [7, 11) is 0. The number of H-pyrrole nitrogens is 2. The molecule has 5 N–H and O–H groups in total. The van der Waals surface area contributed by atoms with Gasteiger partial charge in [-0.05, 0) is 122 Å². The van der Waals surface area contributed by atoms with Gasteiger partial charge in [0.2, 0.25) is 11.1 Å². The first kappa shape index (κ1) is 50.0. The van der Waals surface area contributed by atoms with Crippen LogP contribution in [0.25, 0.3) is 44.3 Å². The maximum absolute atomic E-state index is 12.1. The van der Waals surface area contributed by atoms with E-state index in [1.807, 2.05) is 61.5 Å². The minimum Gasteiger partial charge on any atom is -0.427 e. The standard InChI is InChI=1S/C25H27ClN2O3.C23H26N2O2.C2H2Cl2O.ClH/c1-15-8-10-20(21(12-15)27-23(30)14-26)25-24(17-6-4-3-5-7-17)19-11-9-18(31-16(2)29)13-22(19)28-25;1-14-8-10-18(20(24)12-14)23-22(16-6-4-3-5-7-16)19-11-9-17(27-15(2)26)13-21(19)25-23;3-1-2(4)5;/h8-13,17,28H,3-7,14H2,1-2H3,(H,27,30);8-13,16,25H,3-7,24H2,1-2H3;1H2;1H. The summed E-state index contributed by atoms with van der Waals surface area (Å²) in [6.45, 7) is 6.87. The second-order valence-electron chi connectivity index (χ2n) is 16.4. The fraction of sp³-hybridized carbons (Fsp3) is 0.360. The molecule has 1 amide bonds. The fourth-order valence-corrected chi connectivity index (χ4v) is 9.05. The van der Waals surface area contributed by atoms with E-state index in [0.29, 0.717) is 23.3 Å². The lowest BCUT2D eigenvalue weighted by Gasteiger charge is -2.23. The van der Waals surface area contributed by atoms with E-state index in [-0.39, 0.29) is 42.0 Å². The second kappa shape index (κ2) is 23.3. The zero-order valence-electron chi connectivity index (χ0n) is 36.6. The number of aryl methyl sites for hydroxylation is 2. The molecule has 0 spiro atoms. The van der Waals surface area contributed by atoms with E-state index < -0.39 is 5.24 Å². The van der Waals surface area contributed by atoms with Gasteiger partial charge in [0.1, 0.15) is 17.4 Å². The number of nitrogens with two attached hydrogens (primary N) is 1. The average Bonchev–Trinajstić information content (AvgIpc) is 3.82. The van der Waals surface area contributed by atoms with Gasteiger partial charge in [-0.2, -0.15) is 0 Å². The zero-order valence-corrected chi connectivity index (χ0v) is 39.7. The third-order valence-corrected chi connectivity index (χ3v) is 12.3. The summed E-state index contributed by atoms with van der Waals surface area (Å²) in [6, 6.07) is 23.9. The van der Waals surface area contributed by atoms with Gasteiger partial charge < -0.3 is 30.5 Å². The number of ether oxygens (including phenoxy) is 2. The van der Waals surface area contributed by atoms with Crippen LogP contribution < -0.4 is 20.5 Å². The van der Waals surface area contributed by atoms with Crippen molar-refractivity contribution in [2.24, 2.45) is 0 Å². The Morgan fingerprint density at radius 2 is 1.08 bits per heavy atom. The van der Waals surface area contributed by atoms with Crippen molar-refractivity contribution in [2.75, 3.05) is 22.8 Å². The Morgan fingerprint density at radius 3 is 1.50 bits per heavy atom. The molecule has 8 rings (SSSR count). The lowest BCUT2D eigenvalue weighted by Crippen LogP contribution is -2.14. The van der Waals surface area contributed by atoms with E-state index in [2.05, 4.69) is 40.4 Å². The molecule has 14 heteroatoms. The fourth-order valence-electron chi connectivity index (χ4n) is 8.98. The molecule has 0 saturated heterocycles. The maximum Gasteiger partial charge on any atom is 0.308 e. The summed E-state index contributed by atoms with van der Waals surface area (Å²) < 4.78 is 10.6. The molecule has 2 aliphatic carbocycles. The molecule has 10 nitrogen and oxygen atoms in total. The molecule has 2 heterocycles. The van der Waals surface area contributed by atoms with Crippen molar-refractivity contribution >= 4 is 103 Å². The highest BCUT2D eigenvalue weighted by Crippen LogP contribution is 2.46. The first-order valence-electron chi connectivity index (χ1n) is 21.5. The molecule has 6 aromatic rings. The Labute approximate surface area is 395 Å². The summed E-state index contributed by atoms with van der Waals surface area (Å²) in [5.74, 6) is 0.971. The molecule has 0 bridgehead atoms. The Kier molecular flexibility index (Phi) is 18.2. The number of carbonyl (C=O) groups is 4. The maximum atomic E-state index is 12.1. The number of fused-ring (bicyclic) bond motifs is 2. The predicted octanol–water partition coefficient (Wildman–Crippen LogP) is 13.4. The van der Waals surface area contributed by atoms with Gasteiger partial charge in [-0.1, -0.05) is 62.8 Å². The van der Waals surface area contributed by atoms with Crippen LogP contribution in [0.4, 0.5) is 11.4 Å². The minimum absolute atomic E-state index is 0. The van der Waals surface area contributed by atoms with E-state index in [0.717, 1.165) is 74.3 Å². The molecule has 0 unspecified atom stereocenters. The summed E-state index contributed by atoms with van der Waals surface area (Å²) in [6.07, 6.45) is 12.2. The lowest BCUT2D eigenvalue weighted by molar-refractivity contribution is -0.132. The van der Waals surface area contributed by atoms with Crippen molar-refractivity contribution in [3.05, 3.63) is 95.1 Å². The number of nitrogens with one attached hydrogen (secondary N) is 3. The third kappa shape index (κ3) is 12.6. The third-order valence-electron chi connectivity index (χ3n) is 11.6. The molecule has 2 saturated carbocycles. The number of aromatic amines is 2. The van der Waals surface area contributed by atoms with Crippen LogP contribution in [0.2, 0.25) is 0 Å². The number of amides is 1. The molecular formula is C50H56Cl4N4O6. The van der Waals surface area contributed by atoms with Gasteiger partial charge in [-0.3, -0.25) is 19.2 Å². The van der Waals surface area contributed by atoms with Crippen molar-refractivity contribution in [1.29, 1.82) is 0 Å². The number of anilines is 2. The first-order valence-corrected chi connectivity index (χ1v) is 23.0. The van der Waals surface area contributed by atoms with E-state index in [9.17, 15) is 19.2 Å². The summed E-state index contributed by atoms with van der Waals surface area (Å²) in [5, 5.41) is 4.78. The Hall–Kier alpha value is -5.00. The van der Waals surface area contributed by atoms with Crippen molar-refractivity contribution < 1.29 is 28.7 Å². The monoisotopic (exact) mass is 948 g/mol. The number of aromatic nitrogens is 2. The van der Waals surface area contributed by atoms with Gasteiger partial charge in [-0.15, -0.1) is 35.6 Å². The highest BCUT2D eigenvalue weighted by atomic mass is 35.5. The SMILES string of the molecule is CC(=O)Oc1ccc2c(C3CCCCC3)c(-c3ccc(C)cc3N)[nH]c2c1.CC(=O)Oc1ccc2c(C3CCCCC3)c(-c3ccc(C)cc3NC(=O)CCl)[nH]c2c1.Cl.O=C(Cl)CCl. The number of halogens is 4. The number of alkyl halides is 2. The van der Waals surface area contributed by atoms with Gasteiger partial charge in [0.25, 0.3) is 0 Å². The Balaban J connectivity index is 0.000000216. The van der Waals surface area contributed by atoms with Gasteiger partial charge in [0, 0.05) is 64.6 Å². The van der Waals surface area contributed by atoms with Crippen molar-refractivity contribution in [2.45, 2.75) is 104 Å². The first-order chi connectivity index (χ1) is 30.3. The van der Waals surface area contributed by atoms with Crippen LogP contribution in [-0.4, -0.2) is 44.8 Å². The van der Waals surface area contributed by atoms with Crippen LogP contribution in [0, 0.1) is 13.8 Å². The number of carbonyl (C=O) groups excluding carboxylic acids is 4. The number of nitrogen functional groups attached to an aromatic ring is 1. The van der Waals surface area contributed by atoms with E-state index >= 15 is 0 Å². The average molecular weight is 951 g/mol. The Bertz CT molecular complexity index is 2610. The Morgan fingerprint density at radius 1 is 0.641 bits per heavy atom. The van der Waals surface area contributed by atoms with Crippen LogP contribution in [-0.2, 0) is 19.2 Å². The molecule has 0 radical (unpaired) electrons. The molecule has 2 aliphatic rings. The highest BCUT2D eigenvalue weighted by Gasteiger charge is 2.27. The molecule has 64 heavy (non-hydrogen) atoms. The van der Waals surface area contributed by atoms with Crippen LogP contribution in [0.1, 0.15) is 112 Å². The largest absolute Gasteiger partial charge is 0.427 e. The van der Waals surface area contributed by atoms with Crippen molar-refractivity contribution in [3.8, 4) is 34.0 Å². The van der Waals surface area contributed by atoms with Gasteiger partial charge in [0.05, 0.1) is 23.0 Å². The number of hydrogen-bond donors (Lipinski definition) is 4. The normalized spacial score (nSPS) is 14.0. The van der Waals surface area contributed by atoms with Crippen LogP contribution >= 0.6 is 47.2 Å². The topological polar surface area (TPSA) is 156 Å².